The Hall–Kier alpha value is -2.64. The van der Waals surface area contributed by atoms with Crippen LogP contribution in [0.1, 0.15) is 11.4 Å². The van der Waals surface area contributed by atoms with Gasteiger partial charge < -0.3 is 9.72 Å². The molecule has 8 heteroatoms. The van der Waals surface area contributed by atoms with Crippen molar-refractivity contribution in [3.8, 4) is 0 Å². The Morgan fingerprint density at radius 2 is 1.73 bits per heavy atom. The van der Waals surface area contributed by atoms with Crippen LogP contribution < -0.4 is 5.32 Å². The smallest absolute Gasteiger partial charge is 0.253 e. The molecular formula is C14H10F4N4. The van der Waals surface area contributed by atoms with Gasteiger partial charge in [-0.2, -0.15) is 22.5 Å². The molecule has 0 atom stereocenters. The van der Waals surface area contributed by atoms with Crippen LogP contribution in [0.5, 0.6) is 0 Å². The van der Waals surface area contributed by atoms with Crippen LogP contribution in [0.3, 0.4) is 0 Å². The molecule has 4 nitrogen and oxygen atoms in total. The van der Waals surface area contributed by atoms with Crippen molar-refractivity contribution in [1.82, 2.24) is 14.4 Å². The first kappa shape index (κ1) is 14.3. The van der Waals surface area contributed by atoms with E-state index < -0.39 is 29.2 Å². The molecule has 0 bridgehead atoms. The van der Waals surface area contributed by atoms with Gasteiger partial charge in [-0.15, -0.1) is 0 Å². The van der Waals surface area contributed by atoms with E-state index in [1.54, 1.807) is 16.7 Å². The van der Waals surface area contributed by atoms with Crippen molar-refractivity contribution in [1.29, 1.82) is 0 Å². The maximum atomic E-state index is 13.5. The summed E-state index contributed by atoms with van der Waals surface area (Å²) in [5.74, 6) is -6.54. The molecule has 0 radical (unpaired) electrons. The zero-order valence-corrected chi connectivity index (χ0v) is 11.4. The summed E-state index contributed by atoms with van der Waals surface area (Å²) in [7, 11) is 0. The number of fused-ring (bicyclic) bond motifs is 1. The number of hydrogen-bond acceptors (Lipinski definition) is 3. The zero-order valence-electron chi connectivity index (χ0n) is 11.4. The number of aryl methyl sites for hydroxylation is 1. The summed E-state index contributed by atoms with van der Waals surface area (Å²) in [4.78, 5) is 6.74. The number of pyridine rings is 2. The molecule has 0 saturated heterocycles. The van der Waals surface area contributed by atoms with Crippen molar-refractivity contribution in [3.63, 3.8) is 0 Å². The number of rotatable bonds is 3. The second-order valence-corrected chi connectivity index (χ2v) is 4.68. The second kappa shape index (κ2) is 5.28. The van der Waals surface area contributed by atoms with Crippen molar-refractivity contribution in [3.05, 3.63) is 59.3 Å². The predicted octanol–water partition coefficient (Wildman–Crippen LogP) is 3.21. The lowest BCUT2D eigenvalue weighted by molar-refractivity contribution is 0.410. The maximum Gasteiger partial charge on any atom is 0.253 e. The first-order chi connectivity index (χ1) is 10.5. The van der Waals surface area contributed by atoms with Gasteiger partial charge in [-0.3, -0.25) is 0 Å². The van der Waals surface area contributed by atoms with Crippen LogP contribution in [0.25, 0.3) is 5.65 Å². The van der Waals surface area contributed by atoms with Gasteiger partial charge in [-0.05, 0) is 19.1 Å². The molecular weight excluding hydrogens is 300 g/mol. The fourth-order valence-corrected chi connectivity index (χ4v) is 2.11. The minimum absolute atomic E-state index is 0.0994. The molecule has 1 N–H and O–H groups in total. The van der Waals surface area contributed by atoms with Crippen LogP contribution in [0, 0.1) is 30.5 Å². The Kier molecular flexibility index (Phi) is 3.44. The third kappa shape index (κ3) is 2.36. The monoisotopic (exact) mass is 310 g/mol. The van der Waals surface area contributed by atoms with Gasteiger partial charge in [0.05, 0.1) is 12.2 Å². The van der Waals surface area contributed by atoms with E-state index in [0.717, 1.165) is 5.69 Å². The molecule has 3 rings (SSSR count). The molecule has 3 aromatic heterocycles. The Morgan fingerprint density at radius 1 is 1.05 bits per heavy atom. The molecule has 0 amide bonds. The Balaban J connectivity index is 1.90. The SMILES string of the molecule is Cc1cccc2nc(CNc3c(F)c(F)nc(F)c3F)cn12. The van der Waals surface area contributed by atoms with E-state index in [4.69, 9.17) is 0 Å². The van der Waals surface area contributed by atoms with Crippen LogP contribution in [0.15, 0.2) is 24.4 Å². The summed E-state index contributed by atoms with van der Waals surface area (Å²) in [6, 6.07) is 5.46. The highest BCUT2D eigenvalue weighted by Crippen LogP contribution is 2.22. The van der Waals surface area contributed by atoms with Crippen LogP contribution >= 0.6 is 0 Å². The molecule has 3 heterocycles. The molecule has 0 aliphatic carbocycles. The van der Waals surface area contributed by atoms with Gasteiger partial charge in [0.2, 0.25) is 11.6 Å². The number of aromatic nitrogens is 3. The van der Waals surface area contributed by atoms with Gasteiger partial charge in [0, 0.05) is 11.9 Å². The fraction of sp³-hybridized carbons (Fsp3) is 0.143. The summed E-state index contributed by atoms with van der Waals surface area (Å²) in [5.41, 5.74) is 1.14. The Labute approximate surface area is 122 Å². The second-order valence-electron chi connectivity index (χ2n) is 4.68. The Morgan fingerprint density at radius 3 is 2.36 bits per heavy atom. The average Bonchev–Trinajstić information content (AvgIpc) is 2.90. The van der Waals surface area contributed by atoms with Crippen LogP contribution in [0.2, 0.25) is 0 Å². The van der Waals surface area contributed by atoms with Gasteiger partial charge in [0.15, 0.2) is 0 Å². The van der Waals surface area contributed by atoms with Gasteiger partial charge in [0.25, 0.3) is 11.9 Å². The van der Waals surface area contributed by atoms with Gasteiger partial charge in [-0.25, -0.2) is 4.98 Å². The summed E-state index contributed by atoms with van der Waals surface area (Å²) >= 11 is 0. The van der Waals surface area contributed by atoms with Crippen LogP contribution in [0.4, 0.5) is 23.2 Å². The van der Waals surface area contributed by atoms with E-state index in [1.807, 2.05) is 19.1 Å². The summed E-state index contributed by atoms with van der Waals surface area (Å²) in [6.07, 6.45) is 1.67. The number of nitrogens with zero attached hydrogens (tertiary/aromatic N) is 3. The largest absolute Gasteiger partial charge is 0.374 e. The van der Waals surface area contributed by atoms with Crippen molar-refractivity contribution >= 4 is 11.3 Å². The average molecular weight is 310 g/mol. The van der Waals surface area contributed by atoms with Gasteiger partial charge in [-0.1, -0.05) is 6.07 Å². The third-order valence-corrected chi connectivity index (χ3v) is 3.19. The number of hydrogen-bond donors (Lipinski definition) is 1. The minimum Gasteiger partial charge on any atom is -0.374 e. The van der Waals surface area contributed by atoms with Gasteiger partial charge >= 0.3 is 0 Å². The molecule has 0 aromatic carbocycles. The number of halogens is 4. The highest BCUT2D eigenvalue weighted by molar-refractivity contribution is 5.47. The van der Waals surface area contributed by atoms with E-state index in [1.165, 1.54) is 0 Å². The standard InChI is InChI=1S/C14H10F4N4/c1-7-3-2-4-9-20-8(6-22(7)9)5-19-12-10(15)13(17)21-14(18)11(12)16/h2-4,6H,5H2,1H3,(H,19,21). The molecule has 0 fully saturated rings. The van der Waals surface area contributed by atoms with Crippen molar-refractivity contribution in [2.45, 2.75) is 13.5 Å². The van der Waals surface area contributed by atoms with Crippen LogP contribution in [-0.4, -0.2) is 14.4 Å². The quantitative estimate of drug-likeness (QED) is 0.597. The van der Waals surface area contributed by atoms with E-state index in [9.17, 15) is 17.6 Å². The molecule has 0 aliphatic rings. The predicted molar refractivity (Wildman–Crippen MR) is 71.3 cm³/mol. The number of anilines is 1. The van der Waals surface area contributed by atoms with E-state index in [0.29, 0.717) is 11.3 Å². The lowest BCUT2D eigenvalue weighted by Gasteiger charge is -2.07. The number of nitrogens with one attached hydrogen (secondary N) is 1. The van der Waals surface area contributed by atoms with Crippen molar-refractivity contribution in [2.24, 2.45) is 0 Å². The zero-order chi connectivity index (χ0) is 15.9. The highest BCUT2D eigenvalue weighted by Gasteiger charge is 2.20. The molecule has 0 saturated carbocycles. The van der Waals surface area contributed by atoms with E-state index >= 15 is 0 Å². The third-order valence-electron chi connectivity index (χ3n) is 3.19. The first-order valence-electron chi connectivity index (χ1n) is 6.35. The number of imidazole rings is 1. The molecule has 0 unspecified atom stereocenters. The molecule has 0 aliphatic heterocycles. The molecule has 3 aromatic rings. The first-order valence-corrected chi connectivity index (χ1v) is 6.35. The van der Waals surface area contributed by atoms with Crippen LogP contribution in [-0.2, 0) is 6.54 Å². The fourth-order valence-electron chi connectivity index (χ4n) is 2.11. The molecule has 114 valence electrons. The topological polar surface area (TPSA) is 42.2 Å². The summed E-state index contributed by atoms with van der Waals surface area (Å²) < 4.78 is 54.8. The lowest BCUT2D eigenvalue weighted by Crippen LogP contribution is -2.09. The summed E-state index contributed by atoms with van der Waals surface area (Å²) in [5, 5.41) is 2.31. The minimum atomic E-state index is -1.70. The van der Waals surface area contributed by atoms with Crippen molar-refractivity contribution in [2.75, 3.05) is 5.32 Å². The summed E-state index contributed by atoms with van der Waals surface area (Å²) in [6.45, 7) is 1.77. The lowest BCUT2D eigenvalue weighted by atomic mass is 10.3. The highest BCUT2D eigenvalue weighted by atomic mass is 19.2. The van der Waals surface area contributed by atoms with E-state index in [2.05, 4.69) is 15.3 Å². The molecule has 22 heavy (non-hydrogen) atoms. The maximum absolute atomic E-state index is 13.5. The van der Waals surface area contributed by atoms with Crippen molar-refractivity contribution < 1.29 is 17.6 Å². The Bertz CT molecular complexity index is 833. The van der Waals surface area contributed by atoms with Gasteiger partial charge in [0.1, 0.15) is 11.3 Å². The molecule has 0 spiro atoms. The normalized spacial score (nSPS) is 11.1. The van der Waals surface area contributed by atoms with E-state index in [-0.39, 0.29) is 6.54 Å².